The van der Waals surface area contributed by atoms with Crippen molar-refractivity contribution in [2.75, 3.05) is 5.73 Å². The molecule has 0 unspecified atom stereocenters. The van der Waals surface area contributed by atoms with Gasteiger partial charge in [0.05, 0.1) is 11.9 Å². The number of hydrogen-bond acceptors (Lipinski definition) is 3. The Morgan fingerprint density at radius 2 is 2.00 bits per heavy atom. The van der Waals surface area contributed by atoms with Gasteiger partial charge in [0, 0.05) is 4.47 Å². The van der Waals surface area contributed by atoms with Gasteiger partial charge < -0.3 is 10.5 Å². The van der Waals surface area contributed by atoms with Crippen LogP contribution in [0.2, 0.25) is 5.02 Å². The Hall–Kier alpha value is -1.26. The highest BCUT2D eigenvalue weighted by Gasteiger charge is 2.04. The molecule has 1 aromatic heterocycles. The highest BCUT2D eigenvalue weighted by Crippen LogP contribution is 2.24. The van der Waals surface area contributed by atoms with E-state index in [9.17, 15) is 0 Å². The lowest BCUT2D eigenvalue weighted by molar-refractivity contribution is 0.294. The summed E-state index contributed by atoms with van der Waals surface area (Å²) in [5, 5.41) is 0.419. The second-order valence-corrected chi connectivity index (χ2v) is 4.79. The zero-order valence-corrected chi connectivity index (χ0v) is 11.2. The fourth-order valence-corrected chi connectivity index (χ4v) is 1.77. The van der Waals surface area contributed by atoms with Gasteiger partial charge in [-0.25, -0.2) is 4.98 Å². The predicted octanol–water partition coefficient (Wildman–Crippen LogP) is 3.66. The summed E-state index contributed by atoms with van der Waals surface area (Å²) in [7, 11) is 0. The number of pyridine rings is 1. The molecule has 0 saturated carbocycles. The normalized spacial score (nSPS) is 10.2. The molecule has 2 aromatic rings. The molecule has 1 heterocycles. The zero-order valence-electron chi connectivity index (χ0n) is 8.86. The summed E-state index contributed by atoms with van der Waals surface area (Å²) in [6.07, 6.45) is 1.52. The molecule has 0 aliphatic heterocycles. The van der Waals surface area contributed by atoms with Gasteiger partial charge in [0.25, 0.3) is 0 Å². The third kappa shape index (κ3) is 3.35. The van der Waals surface area contributed by atoms with Gasteiger partial charge in [-0.15, -0.1) is 0 Å². The largest absolute Gasteiger partial charge is 0.472 e. The molecule has 0 aliphatic carbocycles. The highest BCUT2D eigenvalue weighted by molar-refractivity contribution is 9.10. The van der Waals surface area contributed by atoms with Crippen LogP contribution < -0.4 is 10.5 Å². The second-order valence-electron chi connectivity index (χ2n) is 3.47. The van der Waals surface area contributed by atoms with Gasteiger partial charge in [-0.2, -0.15) is 0 Å². The van der Waals surface area contributed by atoms with E-state index in [1.807, 2.05) is 24.3 Å². The van der Waals surface area contributed by atoms with E-state index in [4.69, 9.17) is 22.1 Å². The zero-order chi connectivity index (χ0) is 12.3. The molecule has 0 fully saturated rings. The lowest BCUT2D eigenvalue weighted by Gasteiger charge is -2.07. The van der Waals surface area contributed by atoms with E-state index in [2.05, 4.69) is 20.9 Å². The van der Waals surface area contributed by atoms with Gasteiger partial charge in [-0.05, 0) is 23.8 Å². The van der Waals surface area contributed by atoms with E-state index in [1.54, 1.807) is 6.07 Å². The van der Waals surface area contributed by atoms with E-state index < -0.39 is 0 Å². The number of ether oxygens (including phenoxy) is 1. The lowest BCUT2D eigenvalue weighted by Crippen LogP contribution is -1.98. The van der Waals surface area contributed by atoms with Crippen molar-refractivity contribution < 1.29 is 4.74 Å². The Labute approximate surface area is 113 Å². The van der Waals surface area contributed by atoms with E-state index >= 15 is 0 Å². The van der Waals surface area contributed by atoms with Crippen molar-refractivity contribution in [1.29, 1.82) is 0 Å². The number of nitrogens with zero attached hydrogens (tertiary/aromatic N) is 1. The number of anilines is 1. The molecule has 0 spiro atoms. The van der Waals surface area contributed by atoms with Crippen molar-refractivity contribution in [3.63, 3.8) is 0 Å². The van der Waals surface area contributed by atoms with Crippen LogP contribution in [0.1, 0.15) is 5.56 Å². The van der Waals surface area contributed by atoms with E-state index in [0.717, 1.165) is 10.0 Å². The minimum absolute atomic E-state index is 0.392. The first-order valence-corrected chi connectivity index (χ1v) is 6.10. The molecule has 3 nitrogen and oxygen atoms in total. The molecule has 2 rings (SSSR count). The Morgan fingerprint density at radius 3 is 2.65 bits per heavy atom. The smallest absolute Gasteiger partial charge is 0.233 e. The van der Waals surface area contributed by atoms with Gasteiger partial charge in [-0.3, -0.25) is 0 Å². The number of aromatic nitrogens is 1. The SMILES string of the molecule is Nc1cnc(OCc2ccc(Br)cc2)c(Cl)c1. The average Bonchev–Trinajstić information content (AvgIpc) is 2.30. The fraction of sp³-hybridized carbons (Fsp3) is 0.0833. The lowest BCUT2D eigenvalue weighted by atomic mass is 10.2. The third-order valence-electron chi connectivity index (χ3n) is 2.12. The third-order valence-corrected chi connectivity index (χ3v) is 2.92. The summed E-state index contributed by atoms with van der Waals surface area (Å²) in [5.41, 5.74) is 7.11. The molecule has 5 heteroatoms. The molecular weight excluding hydrogens is 304 g/mol. The van der Waals surface area contributed by atoms with Crippen LogP contribution in [0.15, 0.2) is 41.0 Å². The summed E-state index contributed by atoms with van der Waals surface area (Å²) >= 11 is 9.32. The summed E-state index contributed by atoms with van der Waals surface area (Å²) < 4.78 is 6.54. The number of hydrogen-bond donors (Lipinski definition) is 1. The molecular formula is C12H10BrClN2O. The van der Waals surface area contributed by atoms with E-state index in [1.165, 1.54) is 6.20 Å². The van der Waals surface area contributed by atoms with Gasteiger partial charge in [0.2, 0.25) is 5.88 Å². The van der Waals surface area contributed by atoms with Crippen LogP contribution in [-0.2, 0) is 6.61 Å². The number of rotatable bonds is 3. The van der Waals surface area contributed by atoms with Crippen LogP contribution >= 0.6 is 27.5 Å². The van der Waals surface area contributed by atoms with Crippen molar-refractivity contribution >= 4 is 33.2 Å². The topological polar surface area (TPSA) is 48.1 Å². The van der Waals surface area contributed by atoms with Gasteiger partial charge >= 0.3 is 0 Å². The quantitative estimate of drug-likeness (QED) is 0.940. The van der Waals surface area contributed by atoms with Crippen molar-refractivity contribution in [1.82, 2.24) is 4.98 Å². The first-order valence-electron chi connectivity index (χ1n) is 4.93. The molecule has 0 amide bonds. The Bertz CT molecular complexity index is 516. The highest BCUT2D eigenvalue weighted by atomic mass is 79.9. The molecule has 0 atom stereocenters. The first kappa shape index (κ1) is 12.2. The van der Waals surface area contributed by atoms with E-state index in [0.29, 0.717) is 23.2 Å². The Morgan fingerprint density at radius 1 is 1.29 bits per heavy atom. The van der Waals surface area contributed by atoms with Crippen molar-refractivity contribution in [2.45, 2.75) is 6.61 Å². The number of nitrogens with two attached hydrogens (primary N) is 1. The molecule has 0 aliphatic rings. The van der Waals surface area contributed by atoms with Crippen LogP contribution in [0, 0.1) is 0 Å². The van der Waals surface area contributed by atoms with Crippen LogP contribution in [0.4, 0.5) is 5.69 Å². The van der Waals surface area contributed by atoms with Crippen molar-refractivity contribution in [3.8, 4) is 5.88 Å². The monoisotopic (exact) mass is 312 g/mol. The van der Waals surface area contributed by atoms with Crippen LogP contribution in [-0.4, -0.2) is 4.98 Å². The Balaban J connectivity index is 2.04. The molecule has 17 heavy (non-hydrogen) atoms. The predicted molar refractivity (Wildman–Crippen MR) is 72.1 cm³/mol. The molecule has 0 bridgehead atoms. The first-order chi connectivity index (χ1) is 8.15. The molecule has 2 N–H and O–H groups in total. The molecule has 0 radical (unpaired) electrons. The number of halogens is 2. The van der Waals surface area contributed by atoms with Crippen LogP contribution in [0.25, 0.3) is 0 Å². The summed E-state index contributed by atoms with van der Waals surface area (Å²) in [4.78, 5) is 4.02. The standard InChI is InChI=1S/C12H10BrClN2O/c13-9-3-1-8(2-4-9)7-17-12-11(14)5-10(15)6-16-12/h1-6H,7,15H2. The summed E-state index contributed by atoms with van der Waals surface area (Å²) in [6, 6.07) is 9.46. The fourth-order valence-electron chi connectivity index (χ4n) is 1.28. The summed E-state index contributed by atoms with van der Waals surface area (Å²) in [6.45, 7) is 0.421. The average molecular weight is 314 g/mol. The minimum atomic E-state index is 0.392. The minimum Gasteiger partial charge on any atom is -0.472 e. The second kappa shape index (κ2) is 5.38. The van der Waals surface area contributed by atoms with Gasteiger partial charge in [0.15, 0.2) is 0 Å². The maximum absolute atomic E-state index is 5.95. The molecule has 0 saturated heterocycles. The van der Waals surface area contributed by atoms with Crippen LogP contribution in [0.3, 0.4) is 0 Å². The van der Waals surface area contributed by atoms with E-state index in [-0.39, 0.29) is 0 Å². The van der Waals surface area contributed by atoms with Crippen LogP contribution in [0.5, 0.6) is 5.88 Å². The Kier molecular flexibility index (Phi) is 3.86. The maximum atomic E-state index is 5.95. The van der Waals surface area contributed by atoms with Crippen molar-refractivity contribution in [2.24, 2.45) is 0 Å². The molecule has 1 aromatic carbocycles. The molecule has 88 valence electrons. The van der Waals surface area contributed by atoms with Gasteiger partial charge in [-0.1, -0.05) is 39.7 Å². The number of nitrogen functional groups attached to an aromatic ring is 1. The summed E-state index contributed by atoms with van der Waals surface area (Å²) in [5.74, 6) is 0.392. The maximum Gasteiger partial charge on any atom is 0.233 e. The van der Waals surface area contributed by atoms with Gasteiger partial charge in [0.1, 0.15) is 11.6 Å². The number of benzene rings is 1. The van der Waals surface area contributed by atoms with Crippen molar-refractivity contribution in [3.05, 3.63) is 51.6 Å².